The summed E-state index contributed by atoms with van der Waals surface area (Å²) in [6.07, 6.45) is 8.03. The molecular weight excluding hydrogens is 445 g/mol. The molecule has 2 aliphatic rings. The second-order valence-electron chi connectivity index (χ2n) is 9.42. The van der Waals surface area contributed by atoms with Crippen molar-refractivity contribution in [3.8, 4) is 17.1 Å². The largest absolute Gasteiger partial charge is 0.496 e. The van der Waals surface area contributed by atoms with Gasteiger partial charge in [0.2, 0.25) is 0 Å². The molecule has 0 bridgehead atoms. The first-order valence-electron chi connectivity index (χ1n) is 12.2. The molecule has 1 N–H and O–H groups in total. The van der Waals surface area contributed by atoms with Gasteiger partial charge in [-0.3, -0.25) is 4.98 Å². The maximum atomic E-state index is 14.1. The Bertz CT molecular complexity index is 1370. The fraction of sp³-hybridized carbons (Fsp3) is 0.370. The molecule has 0 spiro atoms. The van der Waals surface area contributed by atoms with Crippen LogP contribution in [0.5, 0.6) is 5.75 Å². The topological polar surface area (TPSA) is 75.8 Å². The molecule has 2 fully saturated rings. The van der Waals surface area contributed by atoms with Crippen LogP contribution in [0.1, 0.15) is 55.2 Å². The predicted octanol–water partition coefficient (Wildman–Crippen LogP) is 4.91. The zero-order valence-electron chi connectivity index (χ0n) is 19.6. The first-order valence-corrected chi connectivity index (χ1v) is 12.2. The van der Waals surface area contributed by atoms with Gasteiger partial charge in [-0.15, -0.1) is 5.10 Å². The smallest absolute Gasteiger partial charge is 0.154 e. The van der Waals surface area contributed by atoms with Crippen molar-refractivity contribution in [2.45, 2.75) is 50.2 Å². The maximum absolute atomic E-state index is 14.1. The Morgan fingerprint density at radius 2 is 1.94 bits per heavy atom. The molecule has 1 saturated heterocycles. The highest BCUT2D eigenvalue weighted by molar-refractivity contribution is 5.61. The number of benzene rings is 1. The van der Waals surface area contributed by atoms with E-state index in [9.17, 15) is 9.50 Å². The summed E-state index contributed by atoms with van der Waals surface area (Å²) in [6.45, 7) is 0.820. The van der Waals surface area contributed by atoms with Gasteiger partial charge in [0, 0.05) is 24.2 Å². The summed E-state index contributed by atoms with van der Waals surface area (Å²) in [5.74, 6) is 1.35. The minimum absolute atomic E-state index is 0.0251. The number of hydrogen-bond acceptors (Lipinski definition) is 6. The van der Waals surface area contributed by atoms with Crippen molar-refractivity contribution in [2.75, 3.05) is 18.6 Å². The molecule has 0 unspecified atom stereocenters. The normalized spacial score (nSPS) is 22.3. The van der Waals surface area contributed by atoms with Crippen LogP contribution >= 0.6 is 0 Å². The molecule has 3 atom stereocenters. The van der Waals surface area contributed by atoms with Crippen LogP contribution in [-0.4, -0.2) is 44.4 Å². The summed E-state index contributed by atoms with van der Waals surface area (Å²) in [7, 11) is 1.61. The van der Waals surface area contributed by atoms with Crippen LogP contribution in [0.2, 0.25) is 0 Å². The zero-order valence-corrected chi connectivity index (χ0v) is 19.6. The second kappa shape index (κ2) is 8.92. The minimum Gasteiger partial charge on any atom is -0.496 e. The van der Waals surface area contributed by atoms with Crippen molar-refractivity contribution in [3.63, 3.8) is 0 Å². The SMILES string of the molecule is COc1ccc(F)cc1[C@H]1CCCN1c1ccc2ncc(-c3cc([C@@H]4CCC[C@@H]4O)ccn3)n2n1. The molecule has 4 aromatic rings. The third kappa shape index (κ3) is 3.91. The quantitative estimate of drug-likeness (QED) is 0.444. The predicted molar refractivity (Wildman–Crippen MR) is 131 cm³/mol. The molecule has 6 rings (SSSR count). The standard InChI is InChI=1S/C27H28FN5O2/c1-35-25-8-7-18(28)15-20(25)22-5-3-13-32(22)27-10-9-26-30-16-23(33(26)31-27)21-14-17(11-12-29-21)19-4-2-6-24(19)34/h7-12,14-16,19,22,24,34H,2-6,13H2,1H3/t19-,22+,24-/m0/s1. The van der Waals surface area contributed by atoms with Crippen molar-refractivity contribution in [3.05, 3.63) is 71.8 Å². The lowest BCUT2D eigenvalue weighted by molar-refractivity contribution is 0.164. The summed E-state index contributed by atoms with van der Waals surface area (Å²) in [5.41, 5.74) is 4.25. The van der Waals surface area contributed by atoms with Crippen LogP contribution in [0, 0.1) is 5.82 Å². The molecule has 3 aromatic heterocycles. The van der Waals surface area contributed by atoms with Crippen LogP contribution < -0.4 is 9.64 Å². The Morgan fingerprint density at radius 3 is 2.77 bits per heavy atom. The molecule has 1 aliphatic heterocycles. The number of halogens is 1. The van der Waals surface area contributed by atoms with Crippen LogP contribution in [0.3, 0.4) is 0 Å². The molecule has 4 heterocycles. The number of anilines is 1. The van der Waals surface area contributed by atoms with Crippen LogP contribution in [0.25, 0.3) is 17.0 Å². The fourth-order valence-electron chi connectivity index (χ4n) is 5.67. The molecule has 7 nitrogen and oxygen atoms in total. The van der Waals surface area contributed by atoms with Crippen molar-refractivity contribution < 1.29 is 14.2 Å². The van der Waals surface area contributed by atoms with Crippen LogP contribution in [0.15, 0.2) is 54.9 Å². The van der Waals surface area contributed by atoms with Gasteiger partial charge in [-0.25, -0.2) is 13.9 Å². The highest BCUT2D eigenvalue weighted by Gasteiger charge is 2.31. The molecule has 0 radical (unpaired) electrons. The van der Waals surface area contributed by atoms with E-state index in [1.165, 1.54) is 6.07 Å². The first-order chi connectivity index (χ1) is 17.1. The van der Waals surface area contributed by atoms with E-state index in [0.717, 1.165) is 72.6 Å². The van der Waals surface area contributed by atoms with Crippen molar-refractivity contribution in [2.24, 2.45) is 0 Å². The number of ether oxygens (including phenoxy) is 1. The Kier molecular flexibility index (Phi) is 5.60. The van der Waals surface area contributed by atoms with Gasteiger partial charge in [0.1, 0.15) is 23.1 Å². The summed E-state index contributed by atoms with van der Waals surface area (Å²) in [6, 6.07) is 12.6. The number of hydrogen-bond donors (Lipinski definition) is 1. The van der Waals surface area contributed by atoms with E-state index in [4.69, 9.17) is 9.84 Å². The lowest BCUT2D eigenvalue weighted by Crippen LogP contribution is -2.24. The van der Waals surface area contributed by atoms with Crippen molar-refractivity contribution in [1.82, 2.24) is 19.6 Å². The van der Waals surface area contributed by atoms with E-state index < -0.39 is 0 Å². The third-order valence-electron chi connectivity index (χ3n) is 7.40. The molecule has 180 valence electrons. The summed E-state index contributed by atoms with van der Waals surface area (Å²) >= 11 is 0. The van der Waals surface area contributed by atoms with E-state index in [2.05, 4.69) is 14.9 Å². The molecule has 1 aliphatic carbocycles. The van der Waals surface area contributed by atoms with Crippen LogP contribution in [-0.2, 0) is 0 Å². The number of aromatic nitrogens is 4. The first kappa shape index (κ1) is 22.0. The number of pyridine rings is 1. The monoisotopic (exact) mass is 473 g/mol. The Labute approximate surface area is 203 Å². The molecule has 0 amide bonds. The summed E-state index contributed by atoms with van der Waals surface area (Å²) in [4.78, 5) is 11.3. The van der Waals surface area contributed by atoms with E-state index in [0.29, 0.717) is 5.75 Å². The van der Waals surface area contributed by atoms with Crippen molar-refractivity contribution in [1.29, 1.82) is 0 Å². The van der Waals surface area contributed by atoms with E-state index in [1.54, 1.807) is 31.6 Å². The Balaban J connectivity index is 1.38. The van der Waals surface area contributed by atoms with E-state index in [-0.39, 0.29) is 23.9 Å². The molecule has 1 aromatic carbocycles. The van der Waals surface area contributed by atoms with E-state index in [1.807, 2.05) is 28.8 Å². The second-order valence-corrected chi connectivity index (χ2v) is 9.42. The number of aliphatic hydroxyl groups excluding tert-OH is 1. The zero-order chi connectivity index (χ0) is 23.9. The number of fused-ring (bicyclic) bond motifs is 1. The third-order valence-corrected chi connectivity index (χ3v) is 7.40. The number of imidazole rings is 1. The molecular formula is C27H28FN5O2. The number of rotatable bonds is 5. The van der Waals surface area contributed by atoms with Gasteiger partial charge in [-0.1, -0.05) is 6.42 Å². The fourth-order valence-corrected chi connectivity index (χ4v) is 5.67. The lowest BCUT2D eigenvalue weighted by Gasteiger charge is -2.27. The number of aliphatic hydroxyl groups is 1. The molecule has 35 heavy (non-hydrogen) atoms. The maximum Gasteiger partial charge on any atom is 0.154 e. The highest BCUT2D eigenvalue weighted by Crippen LogP contribution is 2.40. The van der Waals surface area contributed by atoms with Gasteiger partial charge in [0.25, 0.3) is 0 Å². The summed E-state index contributed by atoms with van der Waals surface area (Å²) in [5, 5.41) is 15.3. The minimum atomic E-state index is -0.302. The van der Waals surface area contributed by atoms with Gasteiger partial charge < -0.3 is 14.7 Å². The number of methoxy groups -OCH3 is 1. The number of nitrogens with zero attached hydrogens (tertiary/aromatic N) is 5. The summed E-state index contributed by atoms with van der Waals surface area (Å²) < 4.78 is 21.5. The van der Waals surface area contributed by atoms with Gasteiger partial charge in [-0.05, 0) is 73.7 Å². The van der Waals surface area contributed by atoms with Gasteiger partial charge >= 0.3 is 0 Å². The average Bonchev–Trinajstić information content (AvgIpc) is 3.63. The van der Waals surface area contributed by atoms with Gasteiger partial charge in [0.05, 0.1) is 31.1 Å². The van der Waals surface area contributed by atoms with Gasteiger partial charge in [0.15, 0.2) is 5.65 Å². The van der Waals surface area contributed by atoms with Crippen molar-refractivity contribution >= 4 is 11.5 Å². The molecule has 8 heteroatoms. The lowest BCUT2D eigenvalue weighted by atomic mass is 9.96. The van der Waals surface area contributed by atoms with E-state index >= 15 is 0 Å². The average molecular weight is 474 g/mol. The highest BCUT2D eigenvalue weighted by atomic mass is 19.1. The molecule has 1 saturated carbocycles. The Hall–Kier alpha value is -3.52. The Morgan fingerprint density at radius 1 is 1.03 bits per heavy atom. The van der Waals surface area contributed by atoms with Gasteiger partial charge in [-0.2, -0.15) is 0 Å². The van der Waals surface area contributed by atoms with Crippen LogP contribution in [0.4, 0.5) is 10.2 Å².